The number of aromatic nitrogens is 1. The number of rotatable bonds is 3. The van der Waals surface area contributed by atoms with Crippen molar-refractivity contribution in [2.24, 2.45) is 0 Å². The van der Waals surface area contributed by atoms with Crippen molar-refractivity contribution in [2.45, 2.75) is 33.7 Å². The molecule has 0 amide bonds. The van der Waals surface area contributed by atoms with E-state index >= 15 is 0 Å². The molecule has 0 spiro atoms. The van der Waals surface area contributed by atoms with Gasteiger partial charge in [-0.15, -0.1) is 0 Å². The van der Waals surface area contributed by atoms with E-state index in [-0.39, 0.29) is 0 Å². The summed E-state index contributed by atoms with van der Waals surface area (Å²) in [6.07, 6.45) is 3.89. The lowest BCUT2D eigenvalue weighted by Crippen LogP contribution is -2.31. The molecule has 1 aromatic carbocycles. The van der Waals surface area contributed by atoms with Crippen molar-refractivity contribution >= 4 is 22.9 Å². The molecular weight excluding hydrogens is 288 g/mol. The van der Waals surface area contributed by atoms with Gasteiger partial charge in [-0.3, -0.25) is 9.88 Å². The summed E-state index contributed by atoms with van der Waals surface area (Å²) in [5.74, 6) is -0.920. The zero-order chi connectivity index (χ0) is 16.6. The van der Waals surface area contributed by atoms with E-state index in [0.717, 1.165) is 53.8 Å². The maximum Gasteiger partial charge on any atom is 0.328 e. The summed E-state index contributed by atoms with van der Waals surface area (Å²) < 4.78 is 0. The summed E-state index contributed by atoms with van der Waals surface area (Å²) in [6, 6.07) is 4.25. The summed E-state index contributed by atoms with van der Waals surface area (Å²) in [5, 5.41) is 10.1. The van der Waals surface area contributed by atoms with E-state index in [1.807, 2.05) is 0 Å². The fourth-order valence-corrected chi connectivity index (χ4v) is 3.40. The summed E-state index contributed by atoms with van der Waals surface area (Å²) in [4.78, 5) is 18.3. The van der Waals surface area contributed by atoms with Crippen molar-refractivity contribution in [3.05, 3.63) is 46.2 Å². The highest BCUT2D eigenvalue weighted by atomic mass is 16.4. The molecule has 4 heteroatoms. The van der Waals surface area contributed by atoms with Crippen LogP contribution in [0.3, 0.4) is 0 Å². The number of hydrogen-bond donors (Lipinski definition) is 1. The minimum absolute atomic E-state index is 0.834. The Morgan fingerprint density at radius 3 is 2.87 bits per heavy atom. The Balaban J connectivity index is 2.30. The number of aryl methyl sites for hydroxylation is 2. The zero-order valence-electron chi connectivity index (χ0n) is 13.9. The van der Waals surface area contributed by atoms with Gasteiger partial charge in [0.15, 0.2) is 0 Å². The molecule has 0 radical (unpaired) electrons. The molecule has 23 heavy (non-hydrogen) atoms. The van der Waals surface area contributed by atoms with Gasteiger partial charge in [0.05, 0.1) is 5.52 Å². The SMILES string of the molecule is CCN1CCc2nc3c(C)cc(C)cc3c(/C=C/C(=O)O)c2C1. The van der Waals surface area contributed by atoms with E-state index in [2.05, 4.69) is 37.8 Å². The predicted octanol–water partition coefficient (Wildman–Crippen LogP) is 3.33. The number of benzene rings is 1. The highest BCUT2D eigenvalue weighted by Gasteiger charge is 2.21. The maximum atomic E-state index is 11.0. The molecule has 1 aliphatic heterocycles. The van der Waals surface area contributed by atoms with Gasteiger partial charge in [0, 0.05) is 36.7 Å². The van der Waals surface area contributed by atoms with Crippen molar-refractivity contribution in [1.82, 2.24) is 9.88 Å². The quantitative estimate of drug-likeness (QED) is 0.884. The van der Waals surface area contributed by atoms with Crippen LogP contribution in [0.5, 0.6) is 0 Å². The van der Waals surface area contributed by atoms with Gasteiger partial charge in [-0.1, -0.05) is 18.6 Å². The molecule has 1 aromatic heterocycles. The van der Waals surface area contributed by atoms with Gasteiger partial charge in [-0.05, 0) is 49.2 Å². The fraction of sp³-hybridized carbons (Fsp3) is 0.368. The molecule has 0 aliphatic carbocycles. The topological polar surface area (TPSA) is 53.4 Å². The van der Waals surface area contributed by atoms with E-state index in [4.69, 9.17) is 10.1 Å². The largest absolute Gasteiger partial charge is 0.478 e. The Hall–Kier alpha value is -2.20. The van der Waals surface area contributed by atoms with Crippen LogP contribution in [0.15, 0.2) is 18.2 Å². The molecule has 2 aromatic rings. The molecule has 0 bridgehead atoms. The van der Waals surface area contributed by atoms with Crippen LogP contribution in [0.4, 0.5) is 0 Å². The summed E-state index contributed by atoms with van der Waals surface area (Å²) in [7, 11) is 0. The molecule has 3 rings (SSSR count). The van der Waals surface area contributed by atoms with Crippen LogP contribution < -0.4 is 0 Å². The molecule has 0 fully saturated rings. The second-order valence-corrected chi connectivity index (χ2v) is 6.22. The zero-order valence-corrected chi connectivity index (χ0v) is 13.9. The van der Waals surface area contributed by atoms with Crippen molar-refractivity contribution in [3.8, 4) is 0 Å². The van der Waals surface area contributed by atoms with Gasteiger partial charge in [-0.25, -0.2) is 4.79 Å². The highest BCUT2D eigenvalue weighted by Crippen LogP contribution is 2.31. The minimum Gasteiger partial charge on any atom is -0.478 e. The summed E-state index contributed by atoms with van der Waals surface area (Å²) >= 11 is 0. The smallest absolute Gasteiger partial charge is 0.328 e. The van der Waals surface area contributed by atoms with Gasteiger partial charge in [0.2, 0.25) is 0 Å². The first-order chi connectivity index (χ1) is 11.0. The van der Waals surface area contributed by atoms with Gasteiger partial charge in [-0.2, -0.15) is 0 Å². The third-order valence-corrected chi connectivity index (χ3v) is 4.54. The van der Waals surface area contributed by atoms with Crippen molar-refractivity contribution in [3.63, 3.8) is 0 Å². The first-order valence-corrected chi connectivity index (χ1v) is 8.05. The van der Waals surface area contributed by atoms with Crippen LogP contribution in [-0.4, -0.2) is 34.0 Å². The number of aliphatic carboxylic acids is 1. The lowest BCUT2D eigenvalue weighted by Gasteiger charge is -2.29. The van der Waals surface area contributed by atoms with Crippen LogP contribution in [-0.2, 0) is 17.8 Å². The van der Waals surface area contributed by atoms with E-state index < -0.39 is 5.97 Å². The number of pyridine rings is 1. The Kier molecular flexibility index (Phi) is 4.18. The van der Waals surface area contributed by atoms with E-state index in [1.165, 1.54) is 17.2 Å². The lowest BCUT2D eigenvalue weighted by atomic mass is 9.93. The van der Waals surface area contributed by atoms with Crippen molar-refractivity contribution < 1.29 is 9.90 Å². The second kappa shape index (κ2) is 6.13. The number of fused-ring (bicyclic) bond motifs is 2. The van der Waals surface area contributed by atoms with Crippen molar-refractivity contribution in [1.29, 1.82) is 0 Å². The molecular formula is C19H22N2O2. The second-order valence-electron chi connectivity index (χ2n) is 6.22. The van der Waals surface area contributed by atoms with Gasteiger partial charge in [0.25, 0.3) is 0 Å². The lowest BCUT2D eigenvalue weighted by molar-refractivity contribution is -0.131. The molecule has 0 saturated heterocycles. The van der Waals surface area contributed by atoms with Gasteiger partial charge >= 0.3 is 5.97 Å². The van der Waals surface area contributed by atoms with Crippen LogP contribution in [0.1, 0.15) is 34.9 Å². The van der Waals surface area contributed by atoms with E-state index in [1.54, 1.807) is 6.08 Å². The number of carboxylic acid groups (broad SMARTS) is 1. The predicted molar refractivity (Wildman–Crippen MR) is 92.5 cm³/mol. The molecule has 2 heterocycles. The molecule has 120 valence electrons. The van der Waals surface area contributed by atoms with Gasteiger partial charge in [0.1, 0.15) is 0 Å². The van der Waals surface area contributed by atoms with Crippen LogP contribution in [0.25, 0.3) is 17.0 Å². The third-order valence-electron chi connectivity index (χ3n) is 4.54. The van der Waals surface area contributed by atoms with Crippen LogP contribution in [0.2, 0.25) is 0 Å². The van der Waals surface area contributed by atoms with Gasteiger partial charge < -0.3 is 5.11 Å². The maximum absolute atomic E-state index is 11.0. The number of carbonyl (C=O) groups is 1. The van der Waals surface area contributed by atoms with E-state index in [9.17, 15) is 4.79 Å². The first kappa shape index (κ1) is 15.7. The average molecular weight is 310 g/mol. The monoisotopic (exact) mass is 310 g/mol. The number of carboxylic acids is 1. The molecule has 1 N–H and O–H groups in total. The summed E-state index contributed by atoms with van der Waals surface area (Å²) in [5.41, 5.74) is 6.60. The number of hydrogen-bond acceptors (Lipinski definition) is 3. The standard InChI is InChI=1S/C19H22N2O2/c1-4-21-8-7-17-16(11-21)14(5-6-18(22)23)15-10-12(2)9-13(3)19(15)20-17/h5-6,9-10H,4,7-8,11H2,1-3H3,(H,22,23)/b6-5+. The normalized spacial score (nSPS) is 15.3. The summed E-state index contributed by atoms with van der Waals surface area (Å²) in [6.45, 7) is 9.12. The molecule has 4 nitrogen and oxygen atoms in total. The Morgan fingerprint density at radius 2 is 2.17 bits per heavy atom. The number of likely N-dealkylation sites (N-methyl/N-ethyl adjacent to an activating group) is 1. The Bertz CT molecular complexity index is 809. The average Bonchev–Trinajstić information content (AvgIpc) is 2.51. The minimum atomic E-state index is -0.920. The van der Waals surface area contributed by atoms with Crippen LogP contribution in [0, 0.1) is 13.8 Å². The van der Waals surface area contributed by atoms with Crippen LogP contribution >= 0.6 is 0 Å². The fourth-order valence-electron chi connectivity index (χ4n) is 3.40. The highest BCUT2D eigenvalue weighted by molar-refractivity contribution is 5.95. The molecule has 0 saturated carbocycles. The van der Waals surface area contributed by atoms with E-state index in [0.29, 0.717) is 0 Å². The van der Waals surface area contributed by atoms with Crippen molar-refractivity contribution in [2.75, 3.05) is 13.1 Å². The Labute approximate surface area is 136 Å². The molecule has 1 aliphatic rings. The first-order valence-electron chi connectivity index (χ1n) is 8.05. The molecule has 0 atom stereocenters. The molecule has 0 unspecified atom stereocenters. The number of nitrogens with zero attached hydrogens (tertiary/aromatic N) is 2. The Morgan fingerprint density at radius 1 is 1.39 bits per heavy atom. The third kappa shape index (κ3) is 2.99.